The third-order valence-corrected chi connectivity index (χ3v) is 8.18. The number of furan rings is 1. The zero-order valence-electron chi connectivity index (χ0n) is 18.0. The van der Waals surface area contributed by atoms with Crippen LogP contribution in [0.3, 0.4) is 0 Å². The zero-order valence-corrected chi connectivity index (χ0v) is 18.0. The van der Waals surface area contributed by atoms with Crippen LogP contribution in [0.1, 0.15) is 58.6 Å². The number of rotatable bonds is 5. The van der Waals surface area contributed by atoms with Gasteiger partial charge in [0.25, 0.3) is 0 Å². The van der Waals surface area contributed by atoms with Crippen LogP contribution in [-0.4, -0.2) is 62.0 Å². The number of carbonyl (C=O) groups is 1. The summed E-state index contributed by atoms with van der Waals surface area (Å²) in [6.45, 7) is 6.06. The van der Waals surface area contributed by atoms with Gasteiger partial charge in [0, 0.05) is 30.2 Å². The van der Waals surface area contributed by atoms with Crippen molar-refractivity contribution in [3.8, 4) is 0 Å². The van der Waals surface area contributed by atoms with Crippen molar-refractivity contribution < 1.29 is 39.5 Å². The normalized spacial score (nSPS) is 44.9. The van der Waals surface area contributed by atoms with Crippen molar-refractivity contribution in [1.29, 1.82) is 0 Å². The molecule has 2 aliphatic carbocycles. The van der Waals surface area contributed by atoms with Gasteiger partial charge in [-0.15, -0.1) is 0 Å². The number of carbonyl (C=O) groups excluding carboxylic acids is 1. The summed E-state index contributed by atoms with van der Waals surface area (Å²) in [5.41, 5.74) is -3.46. The van der Waals surface area contributed by atoms with Crippen molar-refractivity contribution in [1.82, 2.24) is 0 Å². The van der Waals surface area contributed by atoms with Gasteiger partial charge in [-0.1, -0.05) is 20.8 Å². The van der Waals surface area contributed by atoms with Crippen molar-refractivity contribution in [2.75, 3.05) is 6.61 Å². The minimum absolute atomic E-state index is 0.0757. The molecule has 2 aliphatic rings. The molecule has 2 saturated carbocycles. The van der Waals surface area contributed by atoms with Gasteiger partial charge in [0.2, 0.25) is 0 Å². The molecule has 9 unspecified atom stereocenters. The fourth-order valence-electron chi connectivity index (χ4n) is 6.26. The highest BCUT2D eigenvalue weighted by Crippen LogP contribution is 2.65. The van der Waals surface area contributed by atoms with E-state index in [9.17, 15) is 30.3 Å². The van der Waals surface area contributed by atoms with Gasteiger partial charge in [-0.25, -0.2) is 0 Å². The molecule has 0 radical (unpaired) electrons. The second-order valence-corrected chi connectivity index (χ2v) is 9.68. The van der Waals surface area contributed by atoms with Crippen LogP contribution in [0.5, 0.6) is 0 Å². The lowest BCUT2D eigenvalue weighted by atomic mass is 9.41. The summed E-state index contributed by atoms with van der Waals surface area (Å²) in [6, 6.07) is 1.67. The van der Waals surface area contributed by atoms with E-state index in [2.05, 4.69) is 0 Å². The Morgan fingerprint density at radius 3 is 2.50 bits per heavy atom. The number of hydrogen-bond acceptors (Lipinski definition) is 8. The van der Waals surface area contributed by atoms with E-state index >= 15 is 0 Å². The van der Waals surface area contributed by atoms with Gasteiger partial charge >= 0.3 is 5.97 Å². The van der Waals surface area contributed by atoms with E-state index in [0.29, 0.717) is 12.0 Å². The molecule has 8 heteroatoms. The van der Waals surface area contributed by atoms with Gasteiger partial charge in [0.1, 0.15) is 11.7 Å². The molecule has 30 heavy (non-hydrogen) atoms. The van der Waals surface area contributed by atoms with Crippen LogP contribution in [0.4, 0.5) is 0 Å². The summed E-state index contributed by atoms with van der Waals surface area (Å²) in [7, 11) is 0. The minimum atomic E-state index is -1.99. The van der Waals surface area contributed by atoms with E-state index in [1.165, 1.54) is 19.5 Å². The Morgan fingerprint density at radius 2 is 1.97 bits per heavy atom. The predicted molar refractivity (Wildman–Crippen MR) is 106 cm³/mol. The fourth-order valence-corrected chi connectivity index (χ4v) is 6.26. The summed E-state index contributed by atoms with van der Waals surface area (Å²) in [4.78, 5) is 11.9. The van der Waals surface area contributed by atoms with Gasteiger partial charge in [-0.05, 0) is 30.2 Å². The van der Waals surface area contributed by atoms with E-state index in [-0.39, 0.29) is 18.8 Å². The molecule has 5 N–H and O–H groups in total. The average Bonchev–Trinajstić information content (AvgIpc) is 3.19. The largest absolute Gasteiger partial charge is 0.472 e. The molecular formula is C22H34O8. The minimum Gasteiger partial charge on any atom is -0.472 e. The van der Waals surface area contributed by atoms with Gasteiger partial charge in [-0.2, -0.15) is 0 Å². The van der Waals surface area contributed by atoms with Crippen LogP contribution in [0, 0.1) is 22.7 Å². The van der Waals surface area contributed by atoms with E-state index in [1.807, 2.05) is 13.8 Å². The lowest BCUT2D eigenvalue weighted by Crippen LogP contribution is -2.75. The van der Waals surface area contributed by atoms with Crippen LogP contribution in [0.2, 0.25) is 0 Å². The predicted octanol–water partition coefficient (Wildman–Crippen LogP) is 1.15. The van der Waals surface area contributed by atoms with Gasteiger partial charge in [-0.3, -0.25) is 4.79 Å². The zero-order chi connectivity index (χ0) is 22.5. The Bertz CT molecular complexity index is 750. The van der Waals surface area contributed by atoms with Gasteiger partial charge < -0.3 is 34.7 Å². The molecule has 2 fully saturated rings. The van der Waals surface area contributed by atoms with Crippen molar-refractivity contribution >= 4 is 5.97 Å². The molecule has 0 bridgehead atoms. The highest BCUT2D eigenvalue weighted by atomic mass is 16.5. The SMILES string of the molecule is CC(=O)OC1CC(O)C(O)(CO)C2(C)C(O)CC(C)C(C)(CC(O)c3ccoc3)C12. The number of ether oxygens (including phenoxy) is 1. The summed E-state index contributed by atoms with van der Waals surface area (Å²) in [5, 5.41) is 54.2. The highest BCUT2D eigenvalue weighted by Gasteiger charge is 2.71. The molecule has 0 amide bonds. The molecule has 1 heterocycles. The first-order valence-corrected chi connectivity index (χ1v) is 10.5. The molecule has 9 atom stereocenters. The Labute approximate surface area is 176 Å². The quantitative estimate of drug-likeness (QED) is 0.442. The van der Waals surface area contributed by atoms with Gasteiger partial charge in [0.05, 0.1) is 37.4 Å². The highest BCUT2D eigenvalue weighted by molar-refractivity contribution is 5.66. The average molecular weight is 427 g/mol. The third kappa shape index (κ3) is 3.29. The van der Waals surface area contributed by atoms with E-state index in [4.69, 9.17) is 9.15 Å². The third-order valence-electron chi connectivity index (χ3n) is 8.18. The molecule has 1 aromatic heterocycles. The fraction of sp³-hybridized carbons (Fsp3) is 0.773. The Balaban J connectivity index is 2.13. The molecule has 170 valence electrons. The molecule has 8 nitrogen and oxygen atoms in total. The van der Waals surface area contributed by atoms with E-state index < -0.39 is 59.3 Å². The number of aliphatic hydroxyl groups is 5. The van der Waals surface area contributed by atoms with Crippen LogP contribution in [0.15, 0.2) is 23.0 Å². The van der Waals surface area contributed by atoms with Crippen molar-refractivity contribution in [2.45, 2.75) is 77.0 Å². The Kier molecular flexibility index (Phi) is 6.12. The van der Waals surface area contributed by atoms with Crippen molar-refractivity contribution in [2.24, 2.45) is 22.7 Å². The van der Waals surface area contributed by atoms with Crippen LogP contribution < -0.4 is 0 Å². The Hall–Kier alpha value is -1.45. The molecule has 0 spiro atoms. The molecule has 1 aromatic rings. The molecule has 0 saturated heterocycles. The summed E-state index contributed by atoms with van der Waals surface area (Å²) in [6.07, 6.45) is -0.694. The molecular weight excluding hydrogens is 392 g/mol. The summed E-state index contributed by atoms with van der Waals surface area (Å²) < 4.78 is 10.7. The number of hydrogen-bond donors (Lipinski definition) is 5. The number of aliphatic hydroxyl groups excluding tert-OH is 4. The van der Waals surface area contributed by atoms with E-state index in [1.54, 1.807) is 13.0 Å². The molecule has 3 rings (SSSR count). The number of fused-ring (bicyclic) bond motifs is 1. The standard InChI is InChI=1S/C22H34O8/c1-12-7-17(26)21(4)19(20(12,3)9-15(25)14-5-6-29-10-14)16(30-13(2)24)8-18(27)22(21,28)11-23/h5-6,10,12,15-19,23,25-28H,7-9,11H2,1-4H3. The lowest BCUT2D eigenvalue weighted by molar-refractivity contribution is -0.314. The summed E-state index contributed by atoms with van der Waals surface area (Å²) in [5.74, 6) is -1.27. The van der Waals surface area contributed by atoms with Crippen LogP contribution in [-0.2, 0) is 9.53 Å². The van der Waals surface area contributed by atoms with E-state index in [0.717, 1.165) is 0 Å². The van der Waals surface area contributed by atoms with Crippen molar-refractivity contribution in [3.63, 3.8) is 0 Å². The van der Waals surface area contributed by atoms with Crippen molar-refractivity contribution in [3.05, 3.63) is 24.2 Å². The Morgan fingerprint density at radius 1 is 1.30 bits per heavy atom. The monoisotopic (exact) mass is 426 g/mol. The second-order valence-electron chi connectivity index (χ2n) is 9.68. The maximum Gasteiger partial charge on any atom is 0.302 e. The molecule has 0 aliphatic heterocycles. The first-order valence-electron chi connectivity index (χ1n) is 10.5. The van der Waals surface area contributed by atoms with Crippen LogP contribution >= 0.6 is 0 Å². The maximum absolute atomic E-state index is 11.9. The first-order chi connectivity index (χ1) is 13.9. The topological polar surface area (TPSA) is 141 Å². The second kappa shape index (κ2) is 7.91. The lowest BCUT2D eigenvalue weighted by Gasteiger charge is -2.67. The number of esters is 1. The summed E-state index contributed by atoms with van der Waals surface area (Å²) >= 11 is 0. The first kappa shape index (κ1) is 23.2. The smallest absolute Gasteiger partial charge is 0.302 e. The maximum atomic E-state index is 11.9. The van der Waals surface area contributed by atoms with Gasteiger partial charge in [0.15, 0.2) is 0 Å². The van der Waals surface area contributed by atoms with Crippen LogP contribution in [0.25, 0.3) is 0 Å². The molecule has 0 aromatic carbocycles.